The van der Waals surface area contributed by atoms with Crippen LogP contribution in [0.25, 0.3) is 0 Å². The largest absolute Gasteiger partial charge is 0.484 e. The average molecular weight is 312 g/mol. The van der Waals surface area contributed by atoms with E-state index >= 15 is 0 Å². The zero-order chi connectivity index (χ0) is 15.6. The van der Waals surface area contributed by atoms with Crippen LogP contribution in [0.3, 0.4) is 0 Å². The van der Waals surface area contributed by atoms with E-state index in [1.165, 1.54) is 12.8 Å². The SMILES string of the molecule is O=C1CCCCN1c1cccc(OCc2ncc(C3CC3)o2)c1. The van der Waals surface area contributed by atoms with Gasteiger partial charge < -0.3 is 14.1 Å². The minimum atomic E-state index is 0.190. The van der Waals surface area contributed by atoms with Gasteiger partial charge in [0.05, 0.1) is 6.20 Å². The van der Waals surface area contributed by atoms with Crippen LogP contribution in [0.1, 0.15) is 49.7 Å². The van der Waals surface area contributed by atoms with Crippen molar-refractivity contribution < 1.29 is 13.9 Å². The first kappa shape index (κ1) is 14.3. The summed E-state index contributed by atoms with van der Waals surface area (Å²) in [4.78, 5) is 18.1. The second kappa shape index (κ2) is 6.07. The summed E-state index contributed by atoms with van der Waals surface area (Å²) >= 11 is 0. The van der Waals surface area contributed by atoms with E-state index in [1.807, 2.05) is 29.2 Å². The molecule has 1 saturated carbocycles. The third kappa shape index (κ3) is 3.23. The number of aromatic nitrogens is 1. The van der Waals surface area contributed by atoms with E-state index in [0.29, 0.717) is 24.8 Å². The lowest BCUT2D eigenvalue weighted by atomic mass is 10.1. The molecule has 0 radical (unpaired) electrons. The molecule has 0 N–H and O–H groups in total. The first-order chi connectivity index (χ1) is 11.3. The zero-order valence-corrected chi connectivity index (χ0v) is 13.0. The van der Waals surface area contributed by atoms with Gasteiger partial charge in [-0.2, -0.15) is 0 Å². The Kier molecular flexibility index (Phi) is 3.77. The third-order valence-corrected chi connectivity index (χ3v) is 4.37. The van der Waals surface area contributed by atoms with Gasteiger partial charge in [-0.25, -0.2) is 4.98 Å². The van der Waals surface area contributed by atoms with Gasteiger partial charge in [0, 0.05) is 30.6 Å². The van der Waals surface area contributed by atoms with Crippen molar-refractivity contribution in [1.29, 1.82) is 0 Å². The standard InChI is InChI=1S/C18H20N2O3/c21-18-6-1-2-9-20(18)14-4-3-5-15(10-14)22-12-17-19-11-16(23-17)13-7-8-13/h3-5,10-11,13H,1-2,6-9,12H2. The number of benzene rings is 1. The number of nitrogens with zero attached hydrogens (tertiary/aromatic N) is 2. The van der Waals surface area contributed by atoms with E-state index < -0.39 is 0 Å². The molecule has 2 fully saturated rings. The van der Waals surface area contributed by atoms with Crippen LogP contribution < -0.4 is 9.64 Å². The van der Waals surface area contributed by atoms with E-state index in [2.05, 4.69) is 4.98 Å². The number of carbonyl (C=O) groups is 1. The second-order valence-electron chi connectivity index (χ2n) is 6.22. The molecule has 1 amide bonds. The molecule has 1 aliphatic heterocycles. The Morgan fingerprint density at radius 1 is 1.30 bits per heavy atom. The highest BCUT2D eigenvalue weighted by Crippen LogP contribution is 2.40. The number of anilines is 1. The zero-order valence-electron chi connectivity index (χ0n) is 13.0. The summed E-state index contributed by atoms with van der Waals surface area (Å²) in [6, 6.07) is 7.67. The fraction of sp³-hybridized carbons (Fsp3) is 0.444. The second-order valence-corrected chi connectivity index (χ2v) is 6.22. The topological polar surface area (TPSA) is 55.6 Å². The summed E-state index contributed by atoms with van der Waals surface area (Å²) in [6.07, 6.45) is 6.86. The lowest BCUT2D eigenvalue weighted by Crippen LogP contribution is -2.35. The van der Waals surface area contributed by atoms with Gasteiger partial charge in [-0.1, -0.05) is 6.07 Å². The van der Waals surface area contributed by atoms with Crippen molar-refractivity contribution in [2.45, 2.75) is 44.6 Å². The van der Waals surface area contributed by atoms with Crippen molar-refractivity contribution in [2.24, 2.45) is 0 Å². The number of amides is 1. The Labute approximate surface area is 135 Å². The highest BCUT2D eigenvalue weighted by atomic mass is 16.5. The Balaban J connectivity index is 1.42. The summed E-state index contributed by atoms with van der Waals surface area (Å²) in [6.45, 7) is 1.09. The Hall–Kier alpha value is -2.30. The predicted molar refractivity (Wildman–Crippen MR) is 85.5 cm³/mol. The molecule has 1 aromatic heterocycles. The van der Waals surface area contributed by atoms with E-state index in [-0.39, 0.29) is 5.91 Å². The van der Waals surface area contributed by atoms with Gasteiger partial charge in [0.1, 0.15) is 11.5 Å². The number of hydrogen-bond donors (Lipinski definition) is 0. The van der Waals surface area contributed by atoms with Crippen LogP contribution in [0.2, 0.25) is 0 Å². The normalized spacial score (nSPS) is 18.3. The molecule has 120 valence electrons. The molecule has 2 aromatic rings. The van der Waals surface area contributed by atoms with Crippen LogP contribution in [0.4, 0.5) is 5.69 Å². The molecule has 1 aliphatic carbocycles. The van der Waals surface area contributed by atoms with Crippen LogP contribution in [0, 0.1) is 0 Å². The predicted octanol–water partition coefficient (Wildman–Crippen LogP) is 3.65. The molecule has 5 nitrogen and oxygen atoms in total. The van der Waals surface area contributed by atoms with Crippen molar-refractivity contribution in [3.05, 3.63) is 42.1 Å². The molecule has 2 aliphatic rings. The molecule has 0 spiro atoms. The molecule has 0 unspecified atom stereocenters. The maximum absolute atomic E-state index is 12.0. The molecule has 0 atom stereocenters. The maximum Gasteiger partial charge on any atom is 0.232 e. The Bertz CT molecular complexity index is 706. The quantitative estimate of drug-likeness (QED) is 0.845. The smallest absolute Gasteiger partial charge is 0.232 e. The van der Waals surface area contributed by atoms with Crippen LogP contribution in [0.15, 0.2) is 34.9 Å². The highest BCUT2D eigenvalue weighted by molar-refractivity contribution is 5.94. The summed E-state index contributed by atoms with van der Waals surface area (Å²) < 4.78 is 11.5. The van der Waals surface area contributed by atoms with Gasteiger partial charge in [-0.3, -0.25) is 4.79 Å². The van der Waals surface area contributed by atoms with E-state index in [1.54, 1.807) is 6.20 Å². The van der Waals surface area contributed by atoms with E-state index in [9.17, 15) is 4.79 Å². The highest BCUT2D eigenvalue weighted by Gasteiger charge is 2.27. The van der Waals surface area contributed by atoms with Crippen LogP contribution in [-0.4, -0.2) is 17.4 Å². The lowest BCUT2D eigenvalue weighted by molar-refractivity contribution is -0.119. The number of hydrogen-bond acceptors (Lipinski definition) is 4. The number of piperidine rings is 1. The minimum absolute atomic E-state index is 0.190. The first-order valence-electron chi connectivity index (χ1n) is 8.27. The monoisotopic (exact) mass is 312 g/mol. The van der Waals surface area contributed by atoms with Gasteiger partial charge in [-0.15, -0.1) is 0 Å². The third-order valence-electron chi connectivity index (χ3n) is 4.37. The number of carbonyl (C=O) groups excluding carboxylic acids is 1. The van der Waals surface area contributed by atoms with E-state index in [4.69, 9.17) is 9.15 Å². The van der Waals surface area contributed by atoms with Gasteiger partial charge in [0.15, 0.2) is 6.61 Å². The fourth-order valence-corrected chi connectivity index (χ4v) is 2.91. The molecule has 2 heterocycles. The maximum atomic E-state index is 12.0. The minimum Gasteiger partial charge on any atom is -0.484 e. The number of oxazole rings is 1. The number of ether oxygens (including phenoxy) is 1. The summed E-state index contributed by atoms with van der Waals surface area (Å²) in [5.41, 5.74) is 0.901. The van der Waals surface area contributed by atoms with Crippen molar-refractivity contribution in [3.8, 4) is 5.75 Å². The van der Waals surface area contributed by atoms with Crippen molar-refractivity contribution in [2.75, 3.05) is 11.4 Å². The summed E-state index contributed by atoms with van der Waals surface area (Å²) in [5, 5.41) is 0. The van der Waals surface area contributed by atoms with Crippen molar-refractivity contribution in [1.82, 2.24) is 4.98 Å². The summed E-state index contributed by atoms with van der Waals surface area (Å²) in [5.74, 6) is 3.05. The number of rotatable bonds is 5. The fourth-order valence-electron chi connectivity index (χ4n) is 2.91. The van der Waals surface area contributed by atoms with Gasteiger partial charge in [0.25, 0.3) is 0 Å². The van der Waals surface area contributed by atoms with Crippen LogP contribution in [0.5, 0.6) is 5.75 Å². The van der Waals surface area contributed by atoms with Gasteiger partial charge in [0.2, 0.25) is 11.8 Å². The molecular weight excluding hydrogens is 292 g/mol. The molecule has 1 saturated heterocycles. The molecular formula is C18H20N2O3. The summed E-state index contributed by atoms with van der Waals surface area (Å²) in [7, 11) is 0. The van der Waals surface area contributed by atoms with Crippen LogP contribution >= 0.6 is 0 Å². The Morgan fingerprint density at radius 2 is 2.22 bits per heavy atom. The first-order valence-corrected chi connectivity index (χ1v) is 8.27. The molecule has 23 heavy (non-hydrogen) atoms. The van der Waals surface area contributed by atoms with E-state index in [0.717, 1.165) is 36.6 Å². The van der Waals surface area contributed by atoms with Gasteiger partial charge in [-0.05, 0) is 37.8 Å². The van der Waals surface area contributed by atoms with Crippen LogP contribution in [-0.2, 0) is 11.4 Å². The molecule has 0 bridgehead atoms. The van der Waals surface area contributed by atoms with Crippen molar-refractivity contribution >= 4 is 11.6 Å². The molecule has 5 heteroatoms. The average Bonchev–Trinajstić information content (AvgIpc) is 3.32. The van der Waals surface area contributed by atoms with Gasteiger partial charge >= 0.3 is 0 Å². The van der Waals surface area contributed by atoms with Crippen molar-refractivity contribution in [3.63, 3.8) is 0 Å². The Morgan fingerprint density at radius 3 is 3.04 bits per heavy atom. The molecule has 1 aromatic carbocycles. The molecule has 4 rings (SSSR count). The lowest BCUT2D eigenvalue weighted by Gasteiger charge is -2.27.